The Bertz CT molecular complexity index is 996. The number of amides is 1. The molecular formula is C21H24N4O2. The van der Waals surface area contributed by atoms with Gasteiger partial charge in [0.25, 0.3) is 5.91 Å². The molecule has 0 spiro atoms. The SMILES string of the molecule is Cc1ccc(-n2ncc3c2CCCC3NC(=O)c2c(C)noc2C)cc1C. The number of rotatable bonds is 3. The van der Waals surface area contributed by atoms with Crippen molar-refractivity contribution >= 4 is 5.91 Å². The van der Waals surface area contributed by atoms with E-state index in [1.54, 1.807) is 13.8 Å². The Hall–Kier alpha value is -2.89. The summed E-state index contributed by atoms with van der Waals surface area (Å²) in [5, 5.41) is 11.7. The summed E-state index contributed by atoms with van der Waals surface area (Å²) in [5.41, 5.74) is 7.00. The van der Waals surface area contributed by atoms with E-state index >= 15 is 0 Å². The van der Waals surface area contributed by atoms with Crippen LogP contribution in [0.2, 0.25) is 0 Å². The van der Waals surface area contributed by atoms with Crippen LogP contribution < -0.4 is 5.32 Å². The Morgan fingerprint density at radius 1 is 1.22 bits per heavy atom. The molecule has 1 aromatic carbocycles. The quantitative estimate of drug-likeness (QED) is 0.765. The van der Waals surface area contributed by atoms with Crippen LogP contribution in [0.5, 0.6) is 0 Å². The van der Waals surface area contributed by atoms with Crippen LogP contribution in [0.4, 0.5) is 0 Å². The molecule has 0 fully saturated rings. The molecule has 27 heavy (non-hydrogen) atoms. The monoisotopic (exact) mass is 364 g/mol. The van der Waals surface area contributed by atoms with Gasteiger partial charge in [-0.1, -0.05) is 11.2 Å². The molecular weight excluding hydrogens is 340 g/mol. The molecule has 2 heterocycles. The van der Waals surface area contributed by atoms with E-state index < -0.39 is 0 Å². The number of benzene rings is 1. The Labute approximate surface area is 158 Å². The first-order valence-corrected chi connectivity index (χ1v) is 9.34. The van der Waals surface area contributed by atoms with Gasteiger partial charge in [0.1, 0.15) is 11.3 Å². The number of hydrogen-bond donors (Lipinski definition) is 1. The molecule has 1 unspecified atom stereocenters. The van der Waals surface area contributed by atoms with Crippen molar-refractivity contribution in [3.63, 3.8) is 0 Å². The van der Waals surface area contributed by atoms with Crippen LogP contribution in [0.25, 0.3) is 5.69 Å². The Kier molecular flexibility index (Phi) is 4.34. The van der Waals surface area contributed by atoms with Crippen LogP contribution in [-0.2, 0) is 6.42 Å². The number of fused-ring (bicyclic) bond motifs is 1. The van der Waals surface area contributed by atoms with Crippen molar-refractivity contribution in [1.29, 1.82) is 0 Å². The average molecular weight is 364 g/mol. The van der Waals surface area contributed by atoms with E-state index in [0.717, 1.165) is 30.5 Å². The average Bonchev–Trinajstić information content (AvgIpc) is 3.21. The Morgan fingerprint density at radius 2 is 2.04 bits per heavy atom. The maximum atomic E-state index is 12.7. The molecule has 4 rings (SSSR count). The lowest BCUT2D eigenvalue weighted by Gasteiger charge is -2.24. The van der Waals surface area contributed by atoms with E-state index in [1.807, 2.05) is 10.9 Å². The van der Waals surface area contributed by atoms with Gasteiger partial charge in [0.15, 0.2) is 0 Å². The minimum atomic E-state index is -0.136. The standard InChI is InChI=1S/C21H24N4O2/c1-12-8-9-16(10-13(12)2)25-19-7-5-6-18(17(19)11-22-25)23-21(26)20-14(3)24-27-15(20)4/h8-11,18H,5-7H2,1-4H3,(H,23,26). The smallest absolute Gasteiger partial charge is 0.257 e. The predicted molar refractivity (Wildman–Crippen MR) is 102 cm³/mol. The molecule has 3 aromatic rings. The summed E-state index contributed by atoms with van der Waals surface area (Å²) in [6.07, 6.45) is 4.76. The highest BCUT2D eigenvalue weighted by Gasteiger charge is 2.28. The number of carbonyl (C=O) groups excluding carboxylic acids is 1. The van der Waals surface area contributed by atoms with Crippen LogP contribution in [-0.4, -0.2) is 20.8 Å². The van der Waals surface area contributed by atoms with Crippen molar-refractivity contribution in [3.05, 3.63) is 63.8 Å². The van der Waals surface area contributed by atoms with Crippen LogP contribution in [0.3, 0.4) is 0 Å². The van der Waals surface area contributed by atoms with Gasteiger partial charge >= 0.3 is 0 Å². The molecule has 0 bridgehead atoms. The highest BCUT2D eigenvalue weighted by Crippen LogP contribution is 2.32. The summed E-state index contributed by atoms with van der Waals surface area (Å²) >= 11 is 0. The fourth-order valence-corrected chi connectivity index (χ4v) is 3.82. The van der Waals surface area contributed by atoms with Crippen LogP contribution >= 0.6 is 0 Å². The maximum Gasteiger partial charge on any atom is 0.257 e. The molecule has 6 nitrogen and oxygen atoms in total. The van der Waals surface area contributed by atoms with E-state index in [-0.39, 0.29) is 11.9 Å². The lowest BCUT2D eigenvalue weighted by atomic mass is 9.92. The number of carbonyl (C=O) groups is 1. The normalized spacial score (nSPS) is 16.2. The first kappa shape index (κ1) is 17.5. The van der Waals surface area contributed by atoms with Crippen molar-refractivity contribution in [2.45, 2.75) is 53.0 Å². The molecule has 2 aromatic heterocycles. The van der Waals surface area contributed by atoms with E-state index in [1.165, 1.54) is 16.8 Å². The predicted octanol–water partition coefficient (Wildman–Crippen LogP) is 3.90. The Morgan fingerprint density at radius 3 is 2.74 bits per heavy atom. The topological polar surface area (TPSA) is 73.0 Å². The molecule has 0 saturated heterocycles. The number of aromatic nitrogens is 3. The molecule has 1 aliphatic rings. The maximum absolute atomic E-state index is 12.7. The first-order valence-electron chi connectivity index (χ1n) is 9.34. The van der Waals surface area contributed by atoms with Gasteiger partial charge < -0.3 is 9.84 Å². The molecule has 6 heteroatoms. The lowest BCUT2D eigenvalue weighted by Crippen LogP contribution is -2.31. The summed E-state index contributed by atoms with van der Waals surface area (Å²) in [5.74, 6) is 0.412. The van der Waals surface area contributed by atoms with Gasteiger partial charge in [0.05, 0.1) is 23.6 Å². The van der Waals surface area contributed by atoms with E-state index in [0.29, 0.717) is 17.0 Å². The minimum absolute atomic E-state index is 0.0461. The van der Waals surface area contributed by atoms with Crippen LogP contribution in [0.1, 0.15) is 63.1 Å². The fraction of sp³-hybridized carbons (Fsp3) is 0.381. The summed E-state index contributed by atoms with van der Waals surface area (Å²) < 4.78 is 7.14. The molecule has 1 amide bonds. The minimum Gasteiger partial charge on any atom is -0.361 e. The van der Waals surface area contributed by atoms with Gasteiger partial charge in [-0.15, -0.1) is 0 Å². The third-order valence-corrected chi connectivity index (χ3v) is 5.48. The zero-order chi connectivity index (χ0) is 19.1. The van der Waals surface area contributed by atoms with Gasteiger partial charge in [-0.05, 0) is 70.2 Å². The van der Waals surface area contributed by atoms with Crippen LogP contribution in [0.15, 0.2) is 28.9 Å². The van der Waals surface area contributed by atoms with E-state index in [4.69, 9.17) is 4.52 Å². The number of hydrogen-bond acceptors (Lipinski definition) is 4. The molecule has 0 radical (unpaired) electrons. The summed E-state index contributed by atoms with van der Waals surface area (Å²) in [6, 6.07) is 6.34. The highest BCUT2D eigenvalue weighted by atomic mass is 16.5. The second-order valence-electron chi connectivity index (χ2n) is 7.34. The zero-order valence-electron chi connectivity index (χ0n) is 16.2. The first-order chi connectivity index (χ1) is 13.0. The van der Waals surface area contributed by atoms with Gasteiger partial charge in [-0.3, -0.25) is 4.79 Å². The van der Waals surface area contributed by atoms with Gasteiger partial charge in [-0.25, -0.2) is 4.68 Å². The van der Waals surface area contributed by atoms with Crippen molar-refractivity contribution < 1.29 is 9.32 Å². The van der Waals surface area contributed by atoms with Gasteiger partial charge in [0, 0.05) is 11.3 Å². The Balaban J connectivity index is 1.64. The third kappa shape index (κ3) is 3.05. The third-order valence-electron chi connectivity index (χ3n) is 5.48. The molecule has 1 atom stereocenters. The zero-order valence-corrected chi connectivity index (χ0v) is 16.2. The van der Waals surface area contributed by atoms with E-state index in [9.17, 15) is 4.79 Å². The second-order valence-corrected chi connectivity index (χ2v) is 7.34. The molecule has 0 aliphatic heterocycles. The van der Waals surface area contributed by atoms with E-state index in [2.05, 4.69) is 47.6 Å². The van der Waals surface area contributed by atoms with Gasteiger partial charge in [-0.2, -0.15) is 5.10 Å². The summed E-state index contributed by atoms with van der Waals surface area (Å²) in [7, 11) is 0. The fourth-order valence-electron chi connectivity index (χ4n) is 3.82. The number of nitrogens with zero attached hydrogens (tertiary/aromatic N) is 3. The molecule has 0 saturated carbocycles. The molecule has 1 aliphatic carbocycles. The number of aryl methyl sites for hydroxylation is 4. The lowest BCUT2D eigenvalue weighted by molar-refractivity contribution is 0.0930. The van der Waals surface area contributed by atoms with Crippen LogP contribution in [0, 0.1) is 27.7 Å². The van der Waals surface area contributed by atoms with Crippen molar-refractivity contribution in [1.82, 2.24) is 20.3 Å². The highest BCUT2D eigenvalue weighted by molar-refractivity contribution is 5.96. The summed E-state index contributed by atoms with van der Waals surface area (Å²) in [4.78, 5) is 12.7. The van der Waals surface area contributed by atoms with Crippen molar-refractivity contribution in [2.75, 3.05) is 0 Å². The second kappa shape index (κ2) is 6.68. The van der Waals surface area contributed by atoms with Crippen molar-refractivity contribution in [2.24, 2.45) is 0 Å². The van der Waals surface area contributed by atoms with Crippen molar-refractivity contribution in [3.8, 4) is 5.69 Å². The number of nitrogens with one attached hydrogen (secondary N) is 1. The van der Waals surface area contributed by atoms with Gasteiger partial charge in [0.2, 0.25) is 0 Å². The largest absolute Gasteiger partial charge is 0.361 e. The molecule has 1 N–H and O–H groups in total. The molecule has 140 valence electrons. The summed E-state index contributed by atoms with van der Waals surface area (Å²) in [6.45, 7) is 7.77.